The molecule has 31 heavy (non-hydrogen) atoms. The molecule has 1 aliphatic rings. The van der Waals surface area contributed by atoms with Crippen molar-refractivity contribution in [2.24, 2.45) is 7.05 Å². The van der Waals surface area contributed by atoms with Gasteiger partial charge in [-0.3, -0.25) is 14.6 Å². The number of carboxylic acid groups (broad SMARTS) is 2. The first-order valence-electron chi connectivity index (χ1n) is 10.1. The molecule has 0 saturated carbocycles. The normalized spacial score (nSPS) is 16.5. The third-order valence-electron chi connectivity index (χ3n) is 5.86. The number of nitrogens with zero attached hydrogens (tertiary/aromatic N) is 3. The minimum absolute atomic E-state index is 0.182. The third-order valence-corrected chi connectivity index (χ3v) is 6.10. The van der Waals surface area contributed by atoms with Gasteiger partial charge in [-0.1, -0.05) is 29.8 Å². The van der Waals surface area contributed by atoms with E-state index in [4.69, 9.17) is 11.6 Å². The SMILES string of the molecule is Cn1cc(C(C(=O)O)N2CCN(Cc3cccc(Cl)c3)CC2)c2ccc(C(=O)O)cc21. The van der Waals surface area contributed by atoms with Gasteiger partial charge in [0.1, 0.15) is 6.04 Å². The Morgan fingerprint density at radius 1 is 1.06 bits per heavy atom. The van der Waals surface area contributed by atoms with Crippen LogP contribution < -0.4 is 0 Å². The fourth-order valence-corrected chi connectivity index (χ4v) is 4.54. The van der Waals surface area contributed by atoms with Gasteiger partial charge in [0.05, 0.1) is 5.56 Å². The zero-order valence-electron chi connectivity index (χ0n) is 17.2. The van der Waals surface area contributed by atoms with E-state index >= 15 is 0 Å². The lowest BCUT2D eigenvalue weighted by Gasteiger charge is -2.37. The summed E-state index contributed by atoms with van der Waals surface area (Å²) in [5.74, 6) is -1.91. The van der Waals surface area contributed by atoms with Crippen molar-refractivity contribution in [3.8, 4) is 0 Å². The van der Waals surface area contributed by atoms with Crippen LogP contribution in [-0.2, 0) is 18.4 Å². The maximum atomic E-state index is 12.3. The Balaban J connectivity index is 1.54. The number of aryl methyl sites for hydroxylation is 1. The Morgan fingerprint density at radius 2 is 1.81 bits per heavy atom. The second kappa shape index (κ2) is 8.70. The summed E-state index contributed by atoms with van der Waals surface area (Å²) in [7, 11) is 1.80. The Hall–Kier alpha value is -2.87. The molecule has 1 aliphatic heterocycles. The predicted octanol–water partition coefficient (Wildman–Crippen LogP) is 3.47. The van der Waals surface area contributed by atoms with Crippen molar-refractivity contribution in [2.45, 2.75) is 12.6 Å². The van der Waals surface area contributed by atoms with Gasteiger partial charge in [-0.25, -0.2) is 4.79 Å². The van der Waals surface area contributed by atoms with E-state index in [9.17, 15) is 19.8 Å². The molecule has 0 aliphatic carbocycles. The Morgan fingerprint density at radius 3 is 2.45 bits per heavy atom. The molecule has 4 rings (SSSR count). The molecule has 0 radical (unpaired) electrons. The van der Waals surface area contributed by atoms with Crippen molar-refractivity contribution >= 4 is 34.4 Å². The number of aliphatic carboxylic acids is 1. The summed E-state index contributed by atoms with van der Waals surface area (Å²) in [4.78, 5) is 27.9. The zero-order valence-corrected chi connectivity index (χ0v) is 17.9. The average Bonchev–Trinajstić information content (AvgIpc) is 3.05. The predicted molar refractivity (Wildman–Crippen MR) is 119 cm³/mol. The molecule has 0 amide bonds. The maximum Gasteiger partial charge on any atom is 0.335 e. The number of carbonyl (C=O) groups is 2. The highest BCUT2D eigenvalue weighted by Gasteiger charge is 2.32. The van der Waals surface area contributed by atoms with Crippen molar-refractivity contribution in [3.05, 3.63) is 70.4 Å². The first-order valence-corrected chi connectivity index (χ1v) is 10.5. The first kappa shape index (κ1) is 21.4. The number of aromatic nitrogens is 1. The summed E-state index contributed by atoms with van der Waals surface area (Å²) in [6.45, 7) is 3.54. The maximum absolute atomic E-state index is 12.3. The molecule has 3 aromatic rings. The lowest BCUT2D eigenvalue weighted by atomic mass is 10.0. The lowest BCUT2D eigenvalue weighted by molar-refractivity contribution is -0.144. The molecule has 8 heteroatoms. The number of rotatable bonds is 6. The third kappa shape index (κ3) is 4.44. The summed E-state index contributed by atoms with van der Waals surface area (Å²) in [6, 6.07) is 11.8. The highest BCUT2D eigenvalue weighted by molar-refractivity contribution is 6.30. The fourth-order valence-electron chi connectivity index (χ4n) is 4.33. The van der Waals surface area contributed by atoms with Crippen molar-refractivity contribution in [1.29, 1.82) is 0 Å². The number of benzene rings is 2. The second-order valence-electron chi connectivity index (χ2n) is 7.92. The van der Waals surface area contributed by atoms with Crippen molar-refractivity contribution in [1.82, 2.24) is 14.4 Å². The molecule has 1 saturated heterocycles. The van der Waals surface area contributed by atoms with E-state index < -0.39 is 18.0 Å². The van der Waals surface area contributed by atoms with Crippen LogP contribution in [0.4, 0.5) is 0 Å². The molecular weight excluding hydrogens is 418 g/mol. The molecule has 1 aromatic heterocycles. The summed E-state index contributed by atoms with van der Waals surface area (Å²) in [5, 5.41) is 20.8. The molecule has 2 N–H and O–H groups in total. The monoisotopic (exact) mass is 441 g/mol. The first-order chi connectivity index (χ1) is 14.8. The van der Waals surface area contributed by atoms with Crippen LogP contribution in [0.1, 0.15) is 27.5 Å². The fraction of sp³-hybridized carbons (Fsp3) is 0.304. The summed E-state index contributed by atoms with van der Waals surface area (Å²) in [6.07, 6.45) is 1.80. The highest BCUT2D eigenvalue weighted by Crippen LogP contribution is 2.31. The number of fused-ring (bicyclic) bond motifs is 1. The number of hydrogen-bond donors (Lipinski definition) is 2. The van der Waals surface area contributed by atoms with E-state index in [-0.39, 0.29) is 5.56 Å². The smallest absolute Gasteiger partial charge is 0.335 e. The minimum atomic E-state index is -1.00. The molecule has 1 atom stereocenters. The van der Waals surface area contributed by atoms with Gasteiger partial charge in [0, 0.05) is 67.5 Å². The van der Waals surface area contributed by atoms with Crippen molar-refractivity contribution < 1.29 is 19.8 Å². The largest absolute Gasteiger partial charge is 0.480 e. The van der Waals surface area contributed by atoms with E-state index in [1.807, 2.05) is 29.2 Å². The Labute approximate surface area is 185 Å². The molecule has 162 valence electrons. The van der Waals surface area contributed by atoms with Crippen molar-refractivity contribution in [3.63, 3.8) is 0 Å². The molecule has 7 nitrogen and oxygen atoms in total. The second-order valence-corrected chi connectivity index (χ2v) is 8.35. The average molecular weight is 442 g/mol. The summed E-state index contributed by atoms with van der Waals surface area (Å²) in [5.41, 5.74) is 2.71. The van der Waals surface area contributed by atoms with Crippen LogP contribution in [-0.4, -0.2) is 62.7 Å². The van der Waals surface area contributed by atoms with E-state index in [0.717, 1.165) is 30.6 Å². The Kier molecular flexibility index (Phi) is 6.00. The van der Waals surface area contributed by atoms with Gasteiger partial charge in [0.2, 0.25) is 0 Å². The molecule has 0 bridgehead atoms. The number of halogens is 1. The summed E-state index contributed by atoms with van der Waals surface area (Å²) >= 11 is 6.08. The molecule has 2 heterocycles. The topological polar surface area (TPSA) is 86.0 Å². The van der Waals surface area contributed by atoms with Crippen LogP contribution in [0, 0.1) is 0 Å². The van der Waals surface area contributed by atoms with Crippen LogP contribution in [0.3, 0.4) is 0 Å². The molecule has 0 spiro atoms. The van der Waals surface area contributed by atoms with Gasteiger partial charge < -0.3 is 14.8 Å². The van der Waals surface area contributed by atoms with Crippen LogP contribution in [0.25, 0.3) is 10.9 Å². The van der Waals surface area contributed by atoms with E-state index in [1.54, 1.807) is 29.9 Å². The standard InChI is InChI=1S/C23H24ClN3O4/c1-25-14-19(18-6-5-16(22(28)29)12-20(18)25)21(23(30)31)27-9-7-26(8-10-27)13-15-3-2-4-17(24)11-15/h2-6,11-12,14,21H,7-10,13H2,1H3,(H,28,29)(H,30,31). The van der Waals surface area contributed by atoms with Crippen LogP contribution in [0.15, 0.2) is 48.7 Å². The van der Waals surface area contributed by atoms with Gasteiger partial charge >= 0.3 is 11.9 Å². The highest BCUT2D eigenvalue weighted by atomic mass is 35.5. The number of aromatic carboxylic acids is 1. The molecular formula is C23H24ClN3O4. The van der Waals surface area contributed by atoms with E-state index in [1.165, 1.54) is 6.07 Å². The summed E-state index contributed by atoms with van der Waals surface area (Å²) < 4.78 is 1.79. The lowest BCUT2D eigenvalue weighted by Crippen LogP contribution is -2.48. The van der Waals surface area contributed by atoms with Crippen molar-refractivity contribution in [2.75, 3.05) is 26.2 Å². The van der Waals surface area contributed by atoms with Gasteiger partial charge in [-0.2, -0.15) is 0 Å². The zero-order chi connectivity index (χ0) is 22.1. The van der Waals surface area contributed by atoms with Crippen LogP contribution in [0.5, 0.6) is 0 Å². The van der Waals surface area contributed by atoms with Crippen LogP contribution in [0.2, 0.25) is 5.02 Å². The van der Waals surface area contributed by atoms with E-state index in [0.29, 0.717) is 29.2 Å². The molecule has 1 fully saturated rings. The van der Waals surface area contributed by atoms with Gasteiger partial charge in [0.15, 0.2) is 0 Å². The number of carboxylic acids is 2. The minimum Gasteiger partial charge on any atom is -0.480 e. The quantitative estimate of drug-likeness (QED) is 0.609. The van der Waals surface area contributed by atoms with Gasteiger partial charge in [0.25, 0.3) is 0 Å². The number of hydrogen-bond acceptors (Lipinski definition) is 4. The molecule has 1 unspecified atom stereocenters. The van der Waals surface area contributed by atoms with E-state index in [2.05, 4.69) is 4.90 Å². The van der Waals surface area contributed by atoms with Gasteiger partial charge in [-0.05, 0) is 29.8 Å². The number of piperazine rings is 1. The Bertz CT molecular complexity index is 1140. The van der Waals surface area contributed by atoms with Gasteiger partial charge in [-0.15, -0.1) is 0 Å². The molecule has 2 aromatic carbocycles. The van der Waals surface area contributed by atoms with Crippen LogP contribution >= 0.6 is 11.6 Å².